The van der Waals surface area contributed by atoms with Crippen LogP contribution in [0.4, 0.5) is 5.69 Å². The Bertz CT molecular complexity index is 457. The molecule has 0 saturated carbocycles. The first-order valence-electron chi connectivity index (χ1n) is 6.90. The number of aliphatic hydroxyl groups is 1. The molecule has 0 aliphatic carbocycles. The van der Waals surface area contributed by atoms with Gasteiger partial charge >= 0.3 is 0 Å². The van der Waals surface area contributed by atoms with E-state index in [9.17, 15) is 9.90 Å². The molecule has 1 aliphatic heterocycles. The van der Waals surface area contributed by atoms with Crippen LogP contribution in [0.25, 0.3) is 0 Å². The molecule has 1 aliphatic rings. The molecule has 3 N–H and O–H groups in total. The second-order valence-corrected chi connectivity index (χ2v) is 5.41. The molecule has 19 heavy (non-hydrogen) atoms. The molecule has 1 unspecified atom stereocenters. The van der Waals surface area contributed by atoms with Crippen molar-refractivity contribution in [2.45, 2.75) is 32.7 Å². The fraction of sp³-hybridized carbons (Fsp3) is 0.533. The van der Waals surface area contributed by atoms with Gasteiger partial charge in [-0.05, 0) is 42.5 Å². The highest BCUT2D eigenvalue weighted by Gasteiger charge is 2.17. The van der Waals surface area contributed by atoms with Crippen LogP contribution in [0.1, 0.15) is 36.2 Å². The summed E-state index contributed by atoms with van der Waals surface area (Å²) < 4.78 is 0. The molecule has 4 heteroatoms. The van der Waals surface area contributed by atoms with Gasteiger partial charge in [-0.2, -0.15) is 0 Å². The molecule has 1 amide bonds. The fourth-order valence-electron chi connectivity index (χ4n) is 2.29. The van der Waals surface area contributed by atoms with E-state index in [2.05, 4.69) is 10.6 Å². The van der Waals surface area contributed by atoms with E-state index >= 15 is 0 Å². The van der Waals surface area contributed by atoms with Crippen LogP contribution in [0.15, 0.2) is 18.2 Å². The van der Waals surface area contributed by atoms with E-state index in [-0.39, 0.29) is 24.5 Å². The number of hydrogen-bond donors (Lipinski definition) is 3. The minimum atomic E-state index is -0.193. The average molecular weight is 262 g/mol. The number of aliphatic hydroxyl groups excluding tert-OH is 1. The molecule has 2 rings (SSSR count). The summed E-state index contributed by atoms with van der Waals surface area (Å²) in [6.45, 7) is 4.93. The highest BCUT2D eigenvalue weighted by Crippen LogP contribution is 2.23. The third-order valence-corrected chi connectivity index (χ3v) is 3.62. The van der Waals surface area contributed by atoms with Crippen molar-refractivity contribution in [2.75, 3.05) is 18.5 Å². The molecule has 0 saturated heterocycles. The zero-order chi connectivity index (χ0) is 13.8. The average Bonchev–Trinajstić information content (AvgIpc) is 2.43. The summed E-state index contributed by atoms with van der Waals surface area (Å²) in [5.74, 6) is 0.106. The Morgan fingerprint density at radius 3 is 2.95 bits per heavy atom. The van der Waals surface area contributed by atoms with Gasteiger partial charge in [0.2, 0.25) is 0 Å². The monoisotopic (exact) mass is 262 g/mol. The summed E-state index contributed by atoms with van der Waals surface area (Å²) in [5, 5.41) is 15.5. The van der Waals surface area contributed by atoms with Crippen molar-refractivity contribution in [3.8, 4) is 0 Å². The maximum atomic E-state index is 12.2. The van der Waals surface area contributed by atoms with E-state index in [0.717, 1.165) is 25.1 Å². The van der Waals surface area contributed by atoms with Gasteiger partial charge in [0, 0.05) is 17.8 Å². The fourth-order valence-corrected chi connectivity index (χ4v) is 2.29. The van der Waals surface area contributed by atoms with E-state index < -0.39 is 0 Å². The number of anilines is 1. The third kappa shape index (κ3) is 3.26. The summed E-state index contributed by atoms with van der Waals surface area (Å²) in [4.78, 5) is 12.2. The van der Waals surface area contributed by atoms with E-state index in [1.807, 2.05) is 32.0 Å². The van der Waals surface area contributed by atoms with Gasteiger partial charge in [0.25, 0.3) is 5.91 Å². The molecular weight excluding hydrogens is 240 g/mol. The summed E-state index contributed by atoms with van der Waals surface area (Å²) in [6, 6.07) is 5.56. The molecule has 0 aromatic heterocycles. The number of hydrogen-bond acceptors (Lipinski definition) is 3. The Hall–Kier alpha value is -1.55. The summed E-state index contributed by atoms with van der Waals surface area (Å²) in [6.07, 6.45) is 2.11. The number of fused-ring (bicyclic) bond motifs is 1. The van der Waals surface area contributed by atoms with E-state index in [4.69, 9.17) is 0 Å². The lowest BCUT2D eigenvalue weighted by Gasteiger charge is -2.21. The highest BCUT2D eigenvalue weighted by molar-refractivity contribution is 5.95. The van der Waals surface area contributed by atoms with Gasteiger partial charge in [0.15, 0.2) is 0 Å². The van der Waals surface area contributed by atoms with Crippen LogP contribution in [0.2, 0.25) is 0 Å². The van der Waals surface area contributed by atoms with Gasteiger partial charge < -0.3 is 15.7 Å². The summed E-state index contributed by atoms with van der Waals surface area (Å²) in [7, 11) is 0. The molecule has 0 bridgehead atoms. The second-order valence-electron chi connectivity index (χ2n) is 5.41. The Kier molecular flexibility index (Phi) is 4.43. The minimum Gasteiger partial charge on any atom is -0.394 e. The number of carbonyl (C=O) groups is 1. The zero-order valence-corrected chi connectivity index (χ0v) is 11.6. The Labute approximate surface area is 114 Å². The van der Waals surface area contributed by atoms with Crippen molar-refractivity contribution in [1.29, 1.82) is 0 Å². The van der Waals surface area contributed by atoms with E-state index in [0.29, 0.717) is 5.56 Å². The van der Waals surface area contributed by atoms with Crippen LogP contribution in [0, 0.1) is 5.92 Å². The predicted octanol–water partition coefficient (Wildman–Crippen LogP) is 1.79. The summed E-state index contributed by atoms with van der Waals surface area (Å²) >= 11 is 0. The standard InChI is InChI=1S/C15H22N2O2/c1-10(2)14(9-18)17-15(19)12-5-6-13-11(8-12)4-3-7-16-13/h5-6,8,10,14,16,18H,3-4,7,9H2,1-2H3,(H,17,19). The molecule has 0 radical (unpaired) electrons. The molecule has 1 atom stereocenters. The van der Waals surface area contributed by atoms with Gasteiger partial charge in [0.1, 0.15) is 0 Å². The number of amides is 1. The molecule has 0 spiro atoms. The molecule has 1 aromatic carbocycles. The maximum Gasteiger partial charge on any atom is 0.251 e. The minimum absolute atomic E-state index is 0.0318. The molecule has 104 valence electrons. The molecule has 4 nitrogen and oxygen atoms in total. The molecule has 0 fully saturated rings. The van der Waals surface area contributed by atoms with Crippen molar-refractivity contribution in [1.82, 2.24) is 5.32 Å². The first-order chi connectivity index (χ1) is 9.11. The second kappa shape index (κ2) is 6.06. The van der Waals surface area contributed by atoms with Crippen LogP contribution >= 0.6 is 0 Å². The van der Waals surface area contributed by atoms with Gasteiger partial charge in [-0.3, -0.25) is 4.79 Å². The van der Waals surface area contributed by atoms with Gasteiger partial charge in [-0.15, -0.1) is 0 Å². The normalized spacial score (nSPS) is 15.6. The number of benzene rings is 1. The van der Waals surface area contributed by atoms with Gasteiger partial charge in [0.05, 0.1) is 12.6 Å². The van der Waals surface area contributed by atoms with Crippen molar-refractivity contribution < 1.29 is 9.90 Å². The zero-order valence-electron chi connectivity index (χ0n) is 11.6. The Balaban J connectivity index is 2.11. The first-order valence-corrected chi connectivity index (χ1v) is 6.90. The van der Waals surface area contributed by atoms with Crippen LogP contribution < -0.4 is 10.6 Å². The number of rotatable bonds is 4. The number of aryl methyl sites for hydroxylation is 1. The van der Waals surface area contributed by atoms with Crippen LogP contribution in [0.5, 0.6) is 0 Å². The largest absolute Gasteiger partial charge is 0.394 e. The lowest BCUT2D eigenvalue weighted by atomic mass is 10.00. The Morgan fingerprint density at radius 1 is 1.47 bits per heavy atom. The molecular formula is C15H22N2O2. The van der Waals surface area contributed by atoms with Crippen molar-refractivity contribution in [3.63, 3.8) is 0 Å². The van der Waals surface area contributed by atoms with Crippen LogP contribution in [-0.4, -0.2) is 30.2 Å². The van der Waals surface area contributed by atoms with Crippen molar-refractivity contribution in [3.05, 3.63) is 29.3 Å². The van der Waals surface area contributed by atoms with Crippen LogP contribution in [-0.2, 0) is 6.42 Å². The smallest absolute Gasteiger partial charge is 0.251 e. The quantitative estimate of drug-likeness (QED) is 0.775. The predicted molar refractivity (Wildman–Crippen MR) is 76.4 cm³/mol. The number of nitrogens with one attached hydrogen (secondary N) is 2. The van der Waals surface area contributed by atoms with E-state index in [1.54, 1.807) is 0 Å². The SMILES string of the molecule is CC(C)C(CO)NC(=O)c1ccc2c(c1)CCCN2. The third-order valence-electron chi connectivity index (χ3n) is 3.62. The van der Waals surface area contributed by atoms with Crippen molar-refractivity contribution in [2.24, 2.45) is 5.92 Å². The molecule has 1 heterocycles. The Morgan fingerprint density at radius 2 is 2.26 bits per heavy atom. The van der Waals surface area contributed by atoms with Crippen molar-refractivity contribution >= 4 is 11.6 Å². The van der Waals surface area contributed by atoms with Crippen LogP contribution in [0.3, 0.4) is 0 Å². The first kappa shape index (κ1) is 13.9. The highest BCUT2D eigenvalue weighted by atomic mass is 16.3. The van der Waals surface area contributed by atoms with E-state index in [1.165, 1.54) is 5.56 Å². The lowest BCUT2D eigenvalue weighted by molar-refractivity contribution is 0.0897. The maximum absolute atomic E-state index is 12.2. The topological polar surface area (TPSA) is 61.4 Å². The molecule has 1 aromatic rings. The summed E-state index contributed by atoms with van der Waals surface area (Å²) in [5.41, 5.74) is 3.00. The van der Waals surface area contributed by atoms with Gasteiger partial charge in [-0.1, -0.05) is 13.8 Å². The van der Waals surface area contributed by atoms with Gasteiger partial charge in [-0.25, -0.2) is 0 Å². The lowest BCUT2D eigenvalue weighted by Crippen LogP contribution is -2.41. The number of carbonyl (C=O) groups excluding carboxylic acids is 1.